The molecular formula is C11H20N2. The van der Waals surface area contributed by atoms with Gasteiger partial charge in [-0.3, -0.25) is 0 Å². The fraction of sp³-hybridized carbons (Fsp3) is 0.455. The molecule has 0 aliphatic carbocycles. The van der Waals surface area contributed by atoms with Crippen molar-refractivity contribution in [2.24, 2.45) is 17.4 Å². The summed E-state index contributed by atoms with van der Waals surface area (Å²) in [5.41, 5.74) is 13.7. The van der Waals surface area contributed by atoms with Crippen molar-refractivity contribution in [2.45, 2.75) is 27.2 Å². The Kier molecular flexibility index (Phi) is 4.97. The van der Waals surface area contributed by atoms with Gasteiger partial charge in [0, 0.05) is 11.4 Å². The fourth-order valence-corrected chi connectivity index (χ4v) is 1.01. The van der Waals surface area contributed by atoms with Crippen molar-refractivity contribution < 1.29 is 0 Å². The Balaban J connectivity index is 4.47. The Morgan fingerprint density at radius 3 is 2.15 bits per heavy atom. The molecule has 0 rings (SSSR count). The minimum atomic E-state index is 0.558. The van der Waals surface area contributed by atoms with E-state index in [1.807, 2.05) is 13.0 Å². The van der Waals surface area contributed by atoms with Crippen LogP contribution in [-0.4, -0.2) is 0 Å². The summed E-state index contributed by atoms with van der Waals surface area (Å²) >= 11 is 0. The van der Waals surface area contributed by atoms with Crippen LogP contribution in [0.3, 0.4) is 0 Å². The average Bonchev–Trinajstić information content (AvgIpc) is 1.96. The molecule has 0 radical (unpaired) electrons. The van der Waals surface area contributed by atoms with Crippen molar-refractivity contribution >= 4 is 0 Å². The molecule has 0 aromatic heterocycles. The summed E-state index contributed by atoms with van der Waals surface area (Å²) in [5.74, 6) is 0.601. The molecule has 2 heteroatoms. The quantitative estimate of drug-likeness (QED) is 0.652. The number of nitrogens with two attached hydrogens (primary N) is 2. The van der Waals surface area contributed by atoms with Crippen LogP contribution in [0.1, 0.15) is 27.2 Å². The fourth-order valence-electron chi connectivity index (χ4n) is 1.01. The van der Waals surface area contributed by atoms with Crippen molar-refractivity contribution in [1.82, 2.24) is 0 Å². The highest BCUT2D eigenvalue weighted by molar-refractivity contribution is 5.27. The van der Waals surface area contributed by atoms with Gasteiger partial charge in [-0.1, -0.05) is 26.5 Å². The van der Waals surface area contributed by atoms with Crippen LogP contribution in [0.25, 0.3) is 0 Å². The molecule has 0 amide bonds. The summed E-state index contributed by atoms with van der Waals surface area (Å²) in [6.07, 6.45) is 4.71. The van der Waals surface area contributed by atoms with Gasteiger partial charge in [0.2, 0.25) is 0 Å². The first kappa shape index (κ1) is 11.8. The molecule has 0 unspecified atom stereocenters. The van der Waals surface area contributed by atoms with Crippen molar-refractivity contribution in [3.8, 4) is 0 Å². The predicted octanol–water partition coefficient (Wildman–Crippen LogP) is 2.29. The maximum absolute atomic E-state index is 5.73. The van der Waals surface area contributed by atoms with Crippen LogP contribution in [0.5, 0.6) is 0 Å². The predicted molar refractivity (Wildman–Crippen MR) is 58.8 cm³/mol. The first-order chi connectivity index (χ1) is 5.93. The Bertz CT molecular complexity index is 230. The van der Waals surface area contributed by atoms with Crippen LogP contribution in [-0.2, 0) is 0 Å². The lowest BCUT2D eigenvalue weighted by Crippen LogP contribution is -2.00. The molecule has 0 fully saturated rings. The molecule has 0 spiro atoms. The molecule has 0 aliphatic rings. The Morgan fingerprint density at radius 1 is 1.31 bits per heavy atom. The second-order valence-electron chi connectivity index (χ2n) is 3.71. The van der Waals surface area contributed by atoms with Gasteiger partial charge in [0.1, 0.15) is 0 Å². The summed E-state index contributed by atoms with van der Waals surface area (Å²) in [5, 5.41) is 0. The molecule has 13 heavy (non-hydrogen) atoms. The first-order valence-corrected chi connectivity index (χ1v) is 4.51. The second kappa shape index (κ2) is 5.46. The van der Waals surface area contributed by atoms with E-state index < -0.39 is 0 Å². The molecular weight excluding hydrogens is 160 g/mol. The van der Waals surface area contributed by atoms with Gasteiger partial charge in [0.15, 0.2) is 0 Å². The standard InChI is InChI=1S/C11H20N2/c1-8(2)7-11(10(4)13)6-5-9(3)12/h5-6,8H,3,7,12-13H2,1-2,4H3/b6-5-,11-10-. The molecule has 2 nitrogen and oxygen atoms in total. The maximum atomic E-state index is 5.73. The summed E-state index contributed by atoms with van der Waals surface area (Å²) < 4.78 is 0. The van der Waals surface area contributed by atoms with E-state index in [1.165, 1.54) is 0 Å². The highest BCUT2D eigenvalue weighted by Gasteiger charge is 1.99. The van der Waals surface area contributed by atoms with Crippen molar-refractivity contribution in [3.63, 3.8) is 0 Å². The third kappa shape index (κ3) is 6.02. The van der Waals surface area contributed by atoms with E-state index in [2.05, 4.69) is 20.4 Å². The first-order valence-electron chi connectivity index (χ1n) is 4.51. The molecule has 0 atom stereocenters. The number of allylic oxidation sites excluding steroid dienone is 4. The second-order valence-corrected chi connectivity index (χ2v) is 3.71. The minimum Gasteiger partial charge on any atom is -0.402 e. The van der Waals surface area contributed by atoms with Gasteiger partial charge >= 0.3 is 0 Å². The normalized spacial score (nSPS) is 13.5. The molecule has 4 N–H and O–H groups in total. The van der Waals surface area contributed by atoms with Gasteiger partial charge in [-0.05, 0) is 30.9 Å². The summed E-state index contributed by atoms with van der Waals surface area (Å²) in [6.45, 7) is 9.82. The highest BCUT2D eigenvalue weighted by Crippen LogP contribution is 2.14. The molecule has 0 heterocycles. The Morgan fingerprint density at radius 2 is 1.85 bits per heavy atom. The molecule has 0 saturated heterocycles. The van der Waals surface area contributed by atoms with Gasteiger partial charge in [0.05, 0.1) is 0 Å². The highest BCUT2D eigenvalue weighted by atomic mass is 14.6. The van der Waals surface area contributed by atoms with Crippen molar-refractivity contribution in [2.75, 3.05) is 0 Å². The van der Waals surface area contributed by atoms with Crippen LogP contribution in [0.15, 0.2) is 35.7 Å². The minimum absolute atomic E-state index is 0.558. The zero-order chi connectivity index (χ0) is 10.4. The van der Waals surface area contributed by atoms with E-state index in [0.29, 0.717) is 11.6 Å². The van der Waals surface area contributed by atoms with E-state index in [-0.39, 0.29) is 0 Å². The SMILES string of the molecule is C=C(N)/C=C\C(CC(C)C)=C(/C)N. The van der Waals surface area contributed by atoms with Gasteiger partial charge < -0.3 is 11.5 Å². The lowest BCUT2D eigenvalue weighted by Gasteiger charge is -2.07. The third-order valence-electron chi connectivity index (χ3n) is 1.63. The topological polar surface area (TPSA) is 52.0 Å². The van der Waals surface area contributed by atoms with Crippen LogP contribution in [0.4, 0.5) is 0 Å². The Labute approximate surface area is 81.0 Å². The number of hydrogen-bond acceptors (Lipinski definition) is 2. The molecule has 0 saturated carbocycles. The zero-order valence-corrected chi connectivity index (χ0v) is 8.80. The van der Waals surface area contributed by atoms with Gasteiger partial charge in [-0.25, -0.2) is 0 Å². The monoisotopic (exact) mass is 180 g/mol. The van der Waals surface area contributed by atoms with E-state index >= 15 is 0 Å². The lowest BCUT2D eigenvalue weighted by atomic mass is 10.0. The van der Waals surface area contributed by atoms with Gasteiger partial charge in [-0.15, -0.1) is 0 Å². The Hall–Kier alpha value is -1.18. The van der Waals surface area contributed by atoms with E-state index in [4.69, 9.17) is 11.5 Å². The average molecular weight is 180 g/mol. The molecule has 74 valence electrons. The number of hydrogen-bond donors (Lipinski definition) is 2. The van der Waals surface area contributed by atoms with Gasteiger partial charge in [0.25, 0.3) is 0 Å². The van der Waals surface area contributed by atoms with E-state index in [9.17, 15) is 0 Å². The zero-order valence-electron chi connectivity index (χ0n) is 8.80. The smallest absolute Gasteiger partial charge is 0.0241 e. The largest absolute Gasteiger partial charge is 0.402 e. The lowest BCUT2D eigenvalue weighted by molar-refractivity contribution is 0.646. The van der Waals surface area contributed by atoms with Crippen molar-refractivity contribution in [3.05, 3.63) is 35.7 Å². The maximum Gasteiger partial charge on any atom is 0.0241 e. The van der Waals surface area contributed by atoms with Crippen LogP contribution < -0.4 is 11.5 Å². The van der Waals surface area contributed by atoms with Crippen molar-refractivity contribution in [1.29, 1.82) is 0 Å². The van der Waals surface area contributed by atoms with Gasteiger partial charge in [-0.2, -0.15) is 0 Å². The van der Waals surface area contributed by atoms with Crippen LogP contribution in [0.2, 0.25) is 0 Å². The van der Waals surface area contributed by atoms with Crippen LogP contribution >= 0.6 is 0 Å². The van der Waals surface area contributed by atoms with E-state index in [0.717, 1.165) is 17.7 Å². The number of rotatable bonds is 4. The van der Waals surface area contributed by atoms with Crippen LogP contribution in [0, 0.1) is 5.92 Å². The molecule has 0 bridgehead atoms. The third-order valence-corrected chi connectivity index (χ3v) is 1.63. The summed E-state index contributed by atoms with van der Waals surface area (Å²) in [4.78, 5) is 0. The summed E-state index contributed by atoms with van der Waals surface area (Å²) in [6, 6.07) is 0. The molecule has 0 aromatic rings. The molecule has 0 aliphatic heterocycles. The summed E-state index contributed by atoms with van der Waals surface area (Å²) in [7, 11) is 0. The molecule has 0 aromatic carbocycles. The van der Waals surface area contributed by atoms with E-state index in [1.54, 1.807) is 6.08 Å².